The van der Waals surface area contributed by atoms with Gasteiger partial charge in [0, 0.05) is 5.56 Å². The van der Waals surface area contributed by atoms with Crippen molar-refractivity contribution >= 4 is 5.91 Å². The van der Waals surface area contributed by atoms with Crippen molar-refractivity contribution in [1.82, 2.24) is 4.90 Å². The fraction of sp³-hybridized carbons (Fsp3) is 0.364. The number of aliphatic hydroxyl groups is 1. The number of hydrogen-bond acceptors (Lipinski definition) is 2. The van der Waals surface area contributed by atoms with Crippen molar-refractivity contribution in [2.75, 3.05) is 13.1 Å². The molecule has 1 aliphatic rings. The first-order valence-electron chi connectivity index (χ1n) is 4.89. The topological polar surface area (TPSA) is 40.5 Å². The first kappa shape index (κ1) is 11.0. The number of amides is 1. The molecule has 16 heavy (non-hydrogen) atoms. The molecule has 1 N–H and O–H groups in total. The minimum absolute atomic E-state index is 0.101. The lowest BCUT2D eigenvalue weighted by molar-refractivity contribution is -0.113. The standard InChI is InChI=1S/C11H11F2NO2/c12-11(13)6-14(7-11)10(16)9-3-1-8(5-15)2-4-9/h1-4,15H,5-7H2. The molecule has 0 radical (unpaired) electrons. The Kier molecular flexibility index (Phi) is 2.63. The maximum absolute atomic E-state index is 12.6. The summed E-state index contributed by atoms with van der Waals surface area (Å²) in [7, 11) is 0. The Labute approximate surface area is 91.3 Å². The maximum atomic E-state index is 12.6. The lowest BCUT2D eigenvalue weighted by Gasteiger charge is -2.38. The summed E-state index contributed by atoms with van der Waals surface area (Å²) in [5.41, 5.74) is 1.05. The second-order valence-corrected chi connectivity index (χ2v) is 3.87. The molecule has 0 aromatic heterocycles. The minimum Gasteiger partial charge on any atom is -0.392 e. The summed E-state index contributed by atoms with van der Waals surface area (Å²) in [5.74, 6) is -3.13. The van der Waals surface area contributed by atoms with E-state index in [4.69, 9.17) is 5.11 Å². The molecule has 0 aliphatic carbocycles. The maximum Gasteiger partial charge on any atom is 0.282 e. The molecule has 1 aromatic carbocycles. The van der Waals surface area contributed by atoms with Crippen LogP contribution in [-0.2, 0) is 6.61 Å². The lowest BCUT2D eigenvalue weighted by Crippen LogP contribution is -2.58. The summed E-state index contributed by atoms with van der Waals surface area (Å²) in [6.07, 6.45) is 0. The van der Waals surface area contributed by atoms with Gasteiger partial charge in [-0.3, -0.25) is 4.79 Å². The number of alkyl halides is 2. The number of carbonyl (C=O) groups is 1. The average Bonchev–Trinajstić information content (AvgIpc) is 2.25. The predicted octanol–water partition coefficient (Wildman–Crippen LogP) is 1.27. The van der Waals surface area contributed by atoms with Crippen LogP contribution in [0.1, 0.15) is 15.9 Å². The van der Waals surface area contributed by atoms with E-state index in [1.165, 1.54) is 12.1 Å². The number of nitrogens with zero attached hydrogens (tertiary/aromatic N) is 1. The molecule has 1 aliphatic heterocycles. The number of carbonyl (C=O) groups excluding carboxylic acids is 1. The highest BCUT2D eigenvalue weighted by molar-refractivity contribution is 5.94. The first-order chi connectivity index (χ1) is 7.52. The molecule has 1 heterocycles. The van der Waals surface area contributed by atoms with E-state index in [1.807, 2.05) is 0 Å². The summed E-state index contributed by atoms with van der Waals surface area (Å²) >= 11 is 0. The van der Waals surface area contributed by atoms with Crippen LogP contribution in [0.15, 0.2) is 24.3 Å². The highest BCUT2D eigenvalue weighted by Crippen LogP contribution is 2.27. The van der Waals surface area contributed by atoms with Gasteiger partial charge >= 0.3 is 0 Å². The van der Waals surface area contributed by atoms with Crippen LogP contribution < -0.4 is 0 Å². The van der Waals surface area contributed by atoms with Gasteiger partial charge in [0.05, 0.1) is 19.7 Å². The summed E-state index contributed by atoms with van der Waals surface area (Å²) in [6.45, 7) is -1.11. The number of halogens is 2. The van der Waals surface area contributed by atoms with Crippen molar-refractivity contribution in [3.05, 3.63) is 35.4 Å². The Hall–Kier alpha value is -1.49. The van der Waals surface area contributed by atoms with Gasteiger partial charge in [0.2, 0.25) is 0 Å². The van der Waals surface area contributed by atoms with Crippen LogP contribution in [0.4, 0.5) is 8.78 Å². The normalized spacial score (nSPS) is 18.1. The Morgan fingerprint density at radius 3 is 2.31 bits per heavy atom. The van der Waals surface area contributed by atoms with E-state index in [9.17, 15) is 13.6 Å². The molecule has 0 saturated carbocycles. The first-order valence-corrected chi connectivity index (χ1v) is 4.89. The van der Waals surface area contributed by atoms with Gasteiger partial charge in [-0.05, 0) is 17.7 Å². The van der Waals surface area contributed by atoms with Crippen molar-refractivity contribution < 1.29 is 18.7 Å². The summed E-state index contributed by atoms with van der Waals surface area (Å²) in [6, 6.07) is 6.27. The lowest BCUT2D eigenvalue weighted by atomic mass is 10.1. The summed E-state index contributed by atoms with van der Waals surface area (Å²) in [4.78, 5) is 12.7. The molecule has 5 heteroatoms. The Morgan fingerprint density at radius 2 is 1.88 bits per heavy atom. The monoisotopic (exact) mass is 227 g/mol. The molecule has 86 valence electrons. The smallest absolute Gasteiger partial charge is 0.282 e. The molecule has 1 amide bonds. The average molecular weight is 227 g/mol. The second kappa shape index (κ2) is 3.83. The molecule has 1 saturated heterocycles. The third-order valence-corrected chi connectivity index (χ3v) is 2.52. The van der Waals surface area contributed by atoms with Gasteiger partial charge in [0.1, 0.15) is 0 Å². The van der Waals surface area contributed by atoms with Gasteiger partial charge < -0.3 is 10.0 Å². The Balaban J connectivity index is 2.05. The second-order valence-electron chi connectivity index (χ2n) is 3.87. The highest BCUT2D eigenvalue weighted by Gasteiger charge is 2.46. The zero-order valence-corrected chi connectivity index (χ0v) is 8.49. The van der Waals surface area contributed by atoms with E-state index in [2.05, 4.69) is 0 Å². The van der Waals surface area contributed by atoms with Crippen LogP contribution in [0, 0.1) is 0 Å². The van der Waals surface area contributed by atoms with Gasteiger partial charge in [-0.15, -0.1) is 0 Å². The molecule has 0 atom stereocenters. The number of hydrogen-bond donors (Lipinski definition) is 1. The van der Waals surface area contributed by atoms with Crippen molar-refractivity contribution in [3.8, 4) is 0 Å². The van der Waals surface area contributed by atoms with Crippen molar-refractivity contribution in [3.63, 3.8) is 0 Å². The molecule has 1 fully saturated rings. The fourth-order valence-corrected chi connectivity index (χ4v) is 1.59. The van der Waals surface area contributed by atoms with Crippen LogP contribution in [-0.4, -0.2) is 34.9 Å². The molecule has 0 bridgehead atoms. The number of rotatable bonds is 2. The van der Waals surface area contributed by atoms with E-state index in [-0.39, 0.29) is 6.61 Å². The van der Waals surface area contributed by atoms with Crippen molar-refractivity contribution in [2.24, 2.45) is 0 Å². The zero-order valence-electron chi connectivity index (χ0n) is 8.49. The van der Waals surface area contributed by atoms with Crippen molar-refractivity contribution in [2.45, 2.75) is 12.5 Å². The summed E-state index contributed by atoms with van der Waals surface area (Å²) < 4.78 is 25.1. The number of likely N-dealkylation sites (tertiary alicyclic amines) is 1. The zero-order chi connectivity index (χ0) is 11.8. The largest absolute Gasteiger partial charge is 0.392 e. The molecule has 2 rings (SSSR count). The van der Waals surface area contributed by atoms with E-state index in [0.717, 1.165) is 4.90 Å². The SMILES string of the molecule is O=C(c1ccc(CO)cc1)N1CC(F)(F)C1. The van der Waals surface area contributed by atoms with Crippen LogP contribution in [0.2, 0.25) is 0 Å². The fourth-order valence-electron chi connectivity index (χ4n) is 1.59. The predicted molar refractivity (Wildman–Crippen MR) is 53.2 cm³/mol. The van der Waals surface area contributed by atoms with Crippen LogP contribution in [0.5, 0.6) is 0 Å². The number of aliphatic hydroxyl groups excluding tert-OH is 1. The van der Waals surface area contributed by atoms with E-state index >= 15 is 0 Å². The molecule has 0 unspecified atom stereocenters. The van der Waals surface area contributed by atoms with Gasteiger partial charge in [0.15, 0.2) is 0 Å². The Bertz CT molecular complexity index is 395. The Morgan fingerprint density at radius 1 is 1.31 bits per heavy atom. The van der Waals surface area contributed by atoms with Crippen LogP contribution in [0.25, 0.3) is 0 Å². The molecule has 0 spiro atoms. The van der Waals surface area contributed by atoms with Crippen molar-refractivity contribution in [1.29, 1.82) is 0 Å². The molecular formula is C11H11F2NO2. The van der Waals surface area contributed by atoms with E-state index < -0.39 is 24.9 Å². The number of benzene rings is 1. The molecule has 3 nitrogen and oxygen atoms in total. The van der Waals surface area contributed by atoms with Gasteiger partial charge in [0.25, 0.3) is 11.8 Å². The third-order valence-electron chi connectivity index (χ3n) is 2.52. The van der Waals surface area contributed by atoms with Crippen LogP contribution in [0.3, 0.4) is 0 Å². The summed E-state index contributed by atoms with van der Waals surface area (Å²) in [5, 5.41) is 8.81. The van der Waals surface area contributed by atoms with Gasteiger partial charge in [-0.2, -0.15) is 0 Å². The highest BCUT2D eigenvalue weighted by atomic mass is 19.3. The molecule has 1 aromatic rings. The van der Waals surface area contributed by atoms with Crippen LogP contribution >= 0.6 is 0 Å². The third kappa shape index (κ3) is 2.04. The van der Waals surface area contributed by atoms with Gasteiger partial charge in [-0.1, -0.05) is 12.1 Å². The van der Waals surface area contributed by atoms with Gasteiger partial charge in [-0.25, -0.2) is 8.78 Å². The quantitative estimate of drug-likeness (QED) is 0.826. The molecular weight excluding hydrogens is 216 g/mol. The minimum atomic E-state index is -2.74. The van der Waals surface area contributed by atoms with E-state index in [0.29, 0.717) is 11.1 Å². The van der Waals surface area contributed by atoms with E-state index in [1.54, 1.807) is 12.1 Å².